The predicted octanol–water partition coefficient (Wildman–Crippen LogP) is 4.02. The van der Waals surface area contributed by atoms with Gasteiger partial charge in [-0.15, -0.1) is 0 Å². The fraction of sp³-hybridized carbons (Fsp3) is 0.118. The normalized spacial score (nSPS) is 10.7. The van der Waals surface area contributed by atoms with E-state index in [0.717, 1.165) is 18.4 Å². The average Bonchev–Trinajstić information content (AvgIpc) is 2.46. The molecule has 1 heterocycles. The molecule has 0 saturated heterocycles. The molecule has 0 saturated carbocycles. The van der Waals surface area contributed by atoms with E-state index >= 15 is 0 Å². The van der Waals surface area contributed by atoms with Crippen molar-refractivity contribution in [2.24, 2.45) is 0 Å². The van der Waals surface area contributed by atoms with E-state index in [2.05, 4.69) is 59.6 Å². The van der Waals surface area contributed by atoms with Crippen LogP contribution in [0.25, 0.3) is 10.9 Å². The van der Waals surface area contributed by atoms with E-state index in [1.54, 1.807) is 0 Å². The van der Waals surface area contributed by atoms with Gasteiger partial charge in [-0.1, -0.05) is 48.5 Å². The molecular weight excluding hydrogens is 218 g/mol. The molecule has 0 aliphatic carbocycles. The Hall–Kier alpha value is -2.15. The molecular formula is C17H15N. The Balaban J connectivity index is 1.79. The molecule has 0 bridgehead atoms. The maximum absolute atomic E-state index is 4.49. The topological polar surface area (TPSA) is 12.9 Å². The van der Waals surface area contributed by atoms with Crippen LogP contribution in [-0.2, 0) is 12.8 Å². The number of hydrogen-bond acceptors (Lipinski definition) is 1. The van der Waals surface area contributed by atoms with Crippen molar-refractivity contribution in [2.45, 2.75) is 12.8 Å². The minimum atomic E-state index is 1.04. The van der Waals surface area contributed by atoms with Crippen molar-refractivity contribution >= 4 is 10.9 Å². The Morgan fingerprint density at radius 3 is 2.33 bits per heavy atom. The number of aryl methyl sites for hydroxylation is 2. The van der Waals surface area contributed by atoms with Gasteiger partial charge in [-0.05, 0) is 36.1 Å². The van der Waals surface area contributed by atoms with Gasteiger partial charge in [0, 0.05) is 11.6 Å². The molecule has 0 atom stereocenters. The van der Waals surface area contributed by atoms with Crippen LogP contribution in [-0.4, -0.2) is 4.98 Å². The van der Waals surface area contributed by atoms with Crippen LogP contribution in [0.2, 0.25) is 0 Å². The number of fused-ring (bicyclic) bond motifs is 1. The van der Waals surface area contributed by atoms with Crippen molar-refractivity contribution in [2.75, 3.05) is 0 Å². The second-order valence-electron chi connectivity index (χ2n) is 4.52. The fourth-order valence-electron chi connectivity index (χ4n) is 2.19. The Kier molecular flexibility index (Phi) is 3.05. The first-order chi connectivity index (χ1) is 8.92. The summed E-state index contributed by atoms with van der Waals surface area (Å²) < 4.78 is 0. The van der Waals surface area contributed by atoms with E-state index in [-0.39, 0.29) is 0 Å². The number of nitrogens with zero attached hydrogens (tertiary/aromatic N) is 1. The SMILES string of the molecule is c1ccc(CCc2cnc3ccccc3c2)cc1. The first kappa shape index (κ1) is 11.0. The summed E-state index contributed by atoms with van der Waals surface area (Å²) in [6, 6.07) is 21.1. The van der Waals surface area contributed by atoms with E-state index in [9.17, 15) is 0 Å². The van der Waals surface area contributed by atoms with Crippen molar-refractivity contribution in [3.05, 3.63) is 78.0 Å². The summed E-state index contributed by atoms with van der Waals surface area (Å²) in [6.07, 6.45) is 4.11. The van der Waals surface area contributed by atoms with Crippen LogP contribution in [0.4, 0.5) is 0 Å². The summed E-state index contributed by atoms with van der Waals surface area (Å²) in [5.74, 6) is 0. The number of para-hydroxylation sites is 1. The van der Waals surface area contributed by atoms with Crippen LogP contribution >= 0.6 is 0 Å². The number of pyridine rings is 1. The average molecular weight is 233 g/mol. The minimum absolute atomic E-state index is 1.04. The van der Waals surface area contributed by atoms with Crippen LogP contribution in [0.3, 0.4) is 0 Å². The Bertz CT molecular complexity index is 644. The summed E-state index contributed by atoms with van der Waals surface area (Å²) >= 11 is 0. The highest BCUT2D eigenvalue weighted by Crippen LogP contribution is 2.14. The highest BCUT2D eigenvalue weighted by Gasteiger charge is 1.98. The lowest BCUT2D eigenvalue weighted by molar-refractivity contribution is 0.955. The molecule has 1 nitrogen and oxygen atoms in total. The van der Waals surface area contributed by atoms with E-state index in [1.165, 1.54) is 16.5 Å². The Morgan fingerprint density at radius 1 is 0.722 bits per heavy atom. The summed E-state index contributed by atoms with van der Waals surface area (Å²) in [6.45, 7) is 0. The van der Waals surface area contributed by atoms with E-state index in [4.69, 9.17) is 0 Å². The highest BCUT2D eigenvalue weighted by molar-refractivity contribution is 5.78. The zero-order chi connectivity index (χ0) is 12.2. The molecule has 0 amide bonds. The molecule has 0 spiro atoms. The molecule has 3 aromatic rings. The molecule has 1 heteroatoms. The molecule has 88 valence electrons. The van der Waals surface area contributed by atoms with Gasteiger partial charge >= 0.3 is 0 Å². The van der Waals surface area contributed by atoms with Gasteiger partial charge in [0.15, 0.2) is 0 Å². The van der Waals surface area contributed by atoms with Crippen LogP contribution in [0.1, 0.15) is 11.1 Å². The number of benzene rings is 2. The Morgan fingerprint density at radius 2 is 1.44 bits per heavy atom. The fourth-order valence-corrected chi connectivity index (χ4v) is 2.19. The Labute approximate surface area is 107 Å². The molecule has 1 aromatic heterocycles. The molecule has 0 N–H and O–H groups in total. The second-order valence-corrected chi connectivity index (χ2v) is 4.52. The second kappa shape index (κ2) is 5.01. The van der Waals surface area contributed by atoms with Gasteiger partial charge in [0.1, 0.15) is 0 Å². The third-order valence-corrected chi connectivity index (χ3v) is 3.19. The number of rotatable bonds is 3. The summed E-state index contributed by atoms with van der Waals surface area (Å²) in [5, 5.41) is 1.23. The molecule has 0 unspecified atom stereocenters. The van der Waals surface area contributed by atoms with E-state index in [0.29, 0.717) is 0 Å². The zero-order valence-corrected chi connectivity index (χ0v) is 10.2. The standard InChI is InChI=1S/C17H15N/c1-2-6-14(7-3-1)10-11-15-12-16-8-4-5-9-17(16)18-13-15/h1-9,12-13H,10-11H2. The smallest absolute Gasteiger partial charge is 0.0702 e. The van der Waals surface area contributed by atoms with Gasteiger partial charge in [-0.25, -0.2) is 0 Å². The molecule has 18 heavy (non-hydrogen) atoms. The van der Waals surface area contributed by atoms with Gasteiger partial charge < -0.3 is 0 Å². The molecule has 0 aliphatic heterocycles. The minimum Gasteiger partial charge on any atom is -0.256 e. The van der Waals surface area contributed by atoms with Gasteiger partial charge in [0.25, 0.3) is 0 Å². The molecule has 0 radical (unpaired) electrons. The lowest BCUT2D eigenvalue weighted by atomic mass is 10.0. The summed E-state index contributed by atoms with van der Waals surface area (Å²) in [4.78, 5) is 4.49. The van der Waals surface area contributed by atoms with E-state index < -0.39 is 0 Å². The van der Waals surface area contributed by atoms with Crippen LogP contribution in [0.5, 0.6) is 0 Å². The maximum Gasteiger partial charge on any atom is 0.0702 e. The summed E-state index contributed by atoms with van der Waals surface area (Å²) in [5.41, 5.74) is 3.75. The summed E-state index contributed by atoms with van der Waals surface area (Å²) in [7, 11) is 0. The van der Waals surface area contributed by atoms with E-state index in [1.807, 2.05) is 12.3 Å². The monoisotopic (exact) mass is 233 g/mol. The van der Waals surface area contributed by atoms with Gasteiger partial charge in [0.05, 0.1) is 5.52 Å². The number of hydrogen-bond donors (Lipinski definition) is 0. The first-order valence-electron chi connectivity index (χ1n) is 6.29. The third kappa shape index (κ3) is 2.40. The van der Waals surface area contributed by atoms with Crippen molar-refractivity contribution in [1.82, 2.24) is 4.98 Å². The zero-order valence-electron chi connectivity index (χ0n) is 10.2. The van der Waals surface area contributed by atoms with Gasteiger partial charge in [-0.2, -0.15) is 0 Å². The van der Waals surface area contributed by atoms with Crippen molar-refractivity contribution < 1.29 is 0 Å². The number of aromatic nitrogens is 1. The quantitative estimate of drug-likeness (QED) is 0.665. The molecule has 3 rings (SSSR count). The largest absolute Gasteiger partial charge is 0.256 e. The lowest BCUT2D eigenvalue weighted by Gasteiger charge is -2.03. The van der Waals surface area contributed by atoms with Crippen molar-refractivity contribution in [3.63, 3.8) is 0 Å². The highest BCUT2D eigenvalue weighted by atomic mass is 14.6. The third-order valence-electron chi connectivity index (χ3n) is 3.19. The van der Waals surface area contributed by atoms with Gasteiger partial charge in [0.2, 0.25) is 0 Å². The molecule has 0 aliphatic rings. The van der Waals surface area contributed by atoms with Crippen molar-refractivity contribution in [1.29, 1.82) is 0 Å². The van der Waals surface area contributed by atoms with Crippen LogP contribution in [0.15, 0.2) is 66.9 Å². The molecule has 0 fully saturated rings. The predicted molar refractivity (Wildman–Crippen MR) is 75.6 cm³/mol. The maximum atomic E-state index is 4.49. The van der Waals surface area contributed by atoms with Crippen molar-refractivity contribution in [3.8, 4) is 0 Å². The van der Waals surface area contributed by atoms with Crippen LogP contribution in [0, 0.1) is 0 Å². The van der Waals surface area contributed by atoms with Gasteiger partial charge in [-0.3, -0.25) is 4.98 Å². The molecule has 2 aromatic carbocycles. The van der Waals surface area contributed by atoms with Crippen LogP contribution < -0.4 is 0 Å². The first-order valence-corrected chi connectivity index (χ1v) is 6.29. The lowest BCUT2D eigenvalue weighted by Crippen LogP contribution is -1.92.